The number of nitrogens with zero attached hydrogens (tertiary/aromatic N) is 1. The summed E-state index contributed by atoms with van der Waals surface area (Å²) < 4.78 is 4.62. The van der Waals surface area contributed by atoms with Gasteiger partial charge in [0.2, 0.25) is 5.91 Å². The summed E-state index contributed by atoms with van der Waals surface area (Å²) in [6, 6.07) is 1.54. The maximum atomic E-state index is 11.6. The molecule has 1 atom stereocenters. The minimum Gasteiger partial charge on any atom is -0.363 e. The zero-order valence-electron chi connectivity index (χ0n) is 7.82. The molecule has 1 fully saturated rings. The highest BCUT2D eigenvalue weighted by molar-refractivity contribution is 5.93. The number of carbonyl (C=O) groups is 1. The van der Waals surface area contributed by atoms with E-state index in [1.165, 1.54) is 6.26 Å². The number of piperidine rings is 1. The van der Waals surface area contributed by atoms with E-state index in [1.54, 1.807) is 6.07 Å². The van der Waals surface area contributed by atoms with E-state index in [0.717, 1.165) is 25.8 Å². The van der Waals surface area contributed by atoms with Crippen molar-refractivity contribution in [3.63, 3.8) is 0 Å². The van der Waals surface area contributed by atoms with Gasteiger partial charge in [-0.3, -0.25) is 4.79 Å². The minimum absolute atomic E-state index is 0.0291. The van der Waals surface area contributed by atoms with E-state index >= 15 is 0 Å². The van der Waals surface area contributed by atoms with Crippen molar-refractivity contribution in [3.05, 3.63) is 12.3 Å². The van der Waals surface area contributed by atoms with Crippen LogP contribution in [0, 0.1) is 0 Å². The van der Waals surface area contributed by atoms with Crippen molar-refractivity contribution in [2.24, 2.45) is 0 Å². The molecule has 0 unspecified atom stereocenters. The second-order valence-corrected chi connectivity index (χ2v) is 3.38. The van der Waals surface area contributed by atoms with Crippen LogP contribution in [0.25, 0.3) is 0 Å². The van der Waals surface area contributed by atoms with Gasteiger partial charge in [-0.1, -0.05) is 11.6 Å². The Morgan fingerprint density at radius 2 is 2.57 bits per heavy atom. The lowest BCUT2D eigenvalue weighted by Crippen LogP contribution is -2.43. The largest absolute Gasteiger partial charge is 0.363 e. The van der Waals surface area contributed by atoms with E-state index in [0.29, 0.717) is 5.82 Å². The lowest BCUT2D eigenvalue weighted by atomic mass is 10.0. The Morgan fingerprint density at radius 3 is 3.21 bits per heavy atom. The van der Waals surface area contributed by atoms with Crippen LogP contribution in [0.15, 0.2) is 16.9 Å². The van der Waals surface area contributed by atoms with Gasteiger partial charge < -0.3 is 15.2 Å². The number of rotatable bonds is 2. The summed E-state index contributed by atoms with van der Waals surface area (Å²) in [5.41, 5.74) is 0. The fourth-order valence-corrected chi connectivity index (χ4v) is 1.57. The van der Waals surface area contributed by atoms with Crippen LogP contribution in [0.4, 0.5) is 5.82 Å². The van der Waals surface area contributed by atoms with Crippen molar-refractivity contribution >= 4 is 11.7 Å². The average Bonchev–Trinajstić information content (AvgIpc) is 2.72. The molecule has 1 saturated heterocycles. The van der Waals surface area contributed by atoms with Gasteiger partial charge in [-0.05, 0) is 19.4 Å². The SMILES string of the molecule is O=C(Nc1ccon1)[C@H]1CCCCN1. The Bertz CT molecular complexity index is 291. The molecule has 14 heavy (non-hydrogen) atoms. The van der Waals surface area contributed by atoms with E-state index < -0.39 is 0 Å². The molecule has 2 rings (SSSR count). The van der Waals surface area contributed by atoms with Gasteiger partial charge in [0.25, 0.3) is 0 Å². The zero-order valence-corrected chi connectivity index (χ0v) is 7.82. The highest BCUT2D eigenvalue weighted by Crippen LogP contribution is 2.09. The van der Waals surface area contributed by atoms with E-state index in [9.17, 15) is 4.79 Å². The Labute approximate surface area is 81.8 Å². The topological polar surface area (TPSA) is 67.2 Å². The maximum absolute atomic E-state index is 11.6. The number of hydrogen-bond acceptors (Lipinski definition) is 4. The number of nitrogens with one attached hydrogen (secondary N) is 2. The lowest BCUT2D eigenvalue weighted by Gasteiger charge is -2.21. The van der Waals surface area contributed by atoms with E-state index in [1.807, 2.05) is 0 Å². The molecule has 1 aromatic heterocycles. The summed E-state index contributed by atoms with van der Waals surface area (Å²) >= 11 is 0. The smallest absolute Gasteiger partial charge is 0.242 e. The summed E-state index contributed by atoms with van der Waals surface area (Å²) in [6.07, 6.45) is 4.57. The van der Waals surface area contributed by atoms with E-state index in [4.69, 9.17) is 0 Å². The Kier molecular flexibility index (Phi) is 2.78. The first-order valence-corrected chi connectivity index (χ1v) is 4.81. The molecule has 76 valence electrons. The van der Waals surface area contributed by atoms with Gasteiger partial charge in [-0.25, -0.2) is 0 Å². The third-order valence-corrected chi connectivity index (χ3v) is 2.32. The van der Waals surface area contributed by atoms with Crippen molar-refractivity contribution in [2.75, 3.05) is 11.9 Å². The molecule has 2 N–H and O–H groups in total. The molecule has 0 spiro atoms. The quantitative estimate of drug-likeness (QED) is 0.731. The Balaban J connectivity index is 1.88. The van der Waals surface area contributed by atoms with Crippen LogP contribution in [0.3, 0.4) is 0 Å². The molecule has 0 saturated carbocycles. The number of hydrogen-bond donors (Lipinski definition) is 2. The van der Waals surface area contributed by atoms with Crippen molar-refractivity contribution in [1.29, 1.82) is 0 Å². The lowest BCUT2D eigenvalue weighted by molar-refractivity contribution is -0.118. The number of amides is 1. The molecule has 1 aliphatic heterocycles. The highest BCUT2D eigenvalue weighted by atomic mass is 16.5. The molecule has 5 nitrogen and oxygen atoms in total. The van der Waals surface area contributed by atoms with Crippen molar-refractivity contribution in [1.82, 2.24) is 10.5 Å². The summed E-state index contributed by atoms with van der Waals surface area (Å²) in [5, 5.41) is 9.46. The van der Waals surface area contributed by atoms with Crippen LogP contribution in [-0.4, -0.2) is 23.7 Å². The first kappa shape index (κ1) is 9.21. The molecule has 0 aliphatic carbocycles. The number of carbonyl (C=O) groups excluding carboxylic acids is 1. The molecule has 1 aliphatic rings. The van der Waals surface area contributed by atoms with Gasteiger partial charge in [0.15, 0.2) is 5.82 Å². The minimum atomic E-state index is -0.0829. The Morgan fingerprint density at radius 1 is 1.64 bits per heavy atom. The summed E-state index contributed by atoms with van der Waals surface area (Å²) in [4.78, 5) is 11.6. The van der Waals surface area contributed by atoms with Crippen molar-refractivity contribution in [3.8, 4) is 0 Å². The summed E-state index contributed by atoms with van der Waals surface area (Å²) in [7, 11) is 0. The van der Waals surface area contributed by atoms with Crippen LogP contribution < -0.4 is 10.6 Å². The molecule has 1 aromatic rings. The number of aromatic nitrogens is 1. The third kappa shape index (κ3) is 2.11. The van der Waals surface area contributed by atoms with E-state index in [-0.39, 0.29) is 11.9 Å². The second kappa shape index (κ2) is 4.23. The van der Waals surface area contributed by atoms with Gasteiger partial charge in [0.05, 0.1) is 6.04 Å². The average molecular weight is 195 g/mol. The summed E-state index contributed by atoms with van der Waals surface area (Å²) in [5.74, 6) is 0.445. The molecule has 0 bridgehead atoms. The monoisotopic (exact) mass is 195 g/mol. The molecule has 0 aromatic carbocycles. The van der Waals surface area contributed by atoms with Crippen LogP contribution in [0.5, 0.6) is 0 Å². The van der Waals surface area contributed by atoms with Gasteiger partial charge >= 0.3 is 0 Å². The molecular weight excluding hydrogens is 182 g/mol. The molecule has 5 heteroatoms. The fraction of sp³-hybridized carbons (Fsp3) is 0.556. The van der Waals surface area contributed by atoms with Crippen LogP contribution in [0.1, 0.15) is 19.3 Å². The third-order valence-electron chi connectivity index (χ3n) is 2.32. The van der Waals surface area contributed by atoms with Crippen molar-refractivity contribution in [2.45, 2.75) is 25.3 Å². The standard InChI is InChI=1S/C9H13N3O2/c13-9(7-3-1-2-5-10-7)11-8-4-6-14-12-8/h4,6-7,10H,1-3,5H2,(H,11,12,13)/t7-/m1/s1. The molecular formula is C9H13N3O2. The number of anilines is 1. The fourth-order valence-electron chi connectivity index (χ4n) is 1.57. The maximum Gasteiger partial charge on any atom is 0.242 e. The van der Waals surface area contributed by atoms with Gasteiger partial charge in [0, 0.05) is 6.07 Å². The second-order valence-electron chi connectivity index (χ2n) is 3.38. The first-order chi connectivity index (χ1) is 6.86. The molecule has 2 heterocycles. The Hall–Kier alpha value is -1.36. The highest BCUT2D eigenvalue weighted by Gasteiger charge is 2.20. The predicted octanol–water partition coefficient (Wildman–Crippen LogP) is 0.755. The van der Waals surface area contributed by atoms with Gasteiger partial charge in [0.1, 0.15) is 6.26 Å². The molecule has 0 radical (unpaired) electrons. The van der Waals surface area contributed by atoms with Gasteiger partial charge in [-0.2, -0.15) is 0 Å². The van der Waals surface area contributed by atoms with Gasteiger partial charge in [-0.15, -0.1) is 0 Å². The van der Waals surface area contributed by atoms with Crippen LogP contribution >= 0.6 is 0 Å². The normalized spacial score (nSPS) is 21.9. The van der Waals surface area contributed by atoms with Crippen molar-refractivity contribution < 1.29 is 9.32 Å². The van der Waals surface area contributed by atoms with Crippen LogP contribution in [0.2, 0.25) is 0 Å². The molecule has 1 amide bonds. The first-order valence-electron chi connectivity index (χ1n) is 4.81. The zero-order chi connectivity index (χ0) is 9.80. The van der Waals surface area contributed by atoms with Crippen LogP contribution in [-0.2, 0) is 4.79 Å². The van der Waals surface area contributed by atoms with E-state index in [2.05, 4.69) is 20.3 Å². The predicted molar refractivity (Wildman–Crippen MR) is 50.8 cm³/mol. The summed E-state index contributed by atoms with van der Waals surface area (Å²) in [6.45, 7) is 0.914.